The van der Waals surface area contributed by atoms with Gasteiger partial charge in [-0.2, -0.15) is 0 Å². The second kappa shape index (κ2) is 4.38. The number of carbonyl (C=O) groups excluding carboxylic acids is 1. The maximum Gasteiger partial charge on any atom is 0.163 e. The molecular formula is C9H13NO2. The molecule has 3 nitrogen and oxygen atoms in total. The first-order valence-electron chi connectivity index (χ1n) is 3.49. The van der Waals surface area contributed by atoms with Gasteiger partial charge in [0, 0.05) is 5.70 Å². The lowest BCUT2D eigenvalue weighted by atomic mass is 10.1. The van der Waals surface area contributed by atoms with E-state index in [2.05, 4.69) is 6.58 Å². The van der Waals surface area contributed by atoms with Gasteiger partial charge in [0.1, 0.15) is 0 Å². The molecule has 0 rings (SSSR count). The molecule has 0 amide bonds. The van der Waals surface area contributed by atoms with E-state index in [0.29, 0.717) is 5.70 Å². The van der Waals surface area contributed by atoms with Gasteiger partial charge >= 0.3 is 0 Å². The van der Waals surface area contributed by atoms with Crippen molar-refractivity contribution >= 4 is 5.78 Å². The van der Waals surface area contributed by atoms with Gasteiger partial charge in [-0.25, -0.2) is 0 Å². The van der Waals surface area contributed by atoms with Crippen molar-refractivity contribution in [3.8, 4) is 0 Å². The third kappa shape index (κ3) is 3.05. The van der Waals surface area contributed by atoms with Crippen LogP contribution < -0.4 is 5.73 Å². The highest BCUT2D eigenvalue weighted by molar-refractivity contribution is 5.96. The Morgan fingerprint density at radius 2 is 2.00 bits per heavy atom. The normalized spacial score (nSPS) is 13.7. The predicted molar refractivity (Wildman–Crippen MR) is 48.5 cm³/mol. The molecule has 0 aliphatic carbocycles. The van der Waals surface area contributed by atoms with Crippen LogP contribution in [0.4, 0.5) is 0 Å². The minimum absolute atomic E-state index is 0.0349. The van der Waals surface area contributed by atoms with Crippen LogP contribution in [0.25, 0.3) is 0 Å². The molecule has 0 atom stereocenters. The Kier molecular flexibility index (Phi) is 3.83. The summed E-state index contributed by atoms with van der Waals surface area (Å²) < 4.78 is 0. The summed E-state index contributed by atoms with van der Waals surface area (Å²) in [5.74, 6) is -0.257. The SMILES string of the molecule is C=C/C(N)=C\C(C(C)=O)=C(/C)O. The van der Waals surface area contributed by atoms with Crippen LogP contribution in [-0.4, -0.2) is 10.9 Å². The summed E-state index contributed by atoms with van der Waals surface area (Å²) in [5.41, 5.74) is 5.97. The van der Waals surface area contributed by atoms with Crippen LogP contribution in [0, 0.1) is 0 Å². The zero-order chi connectivity index (χ0) is 9.72. The third-order valence-electron chi connectivity index (χ3n) is 1.32. The van der Waals surface area contributed by atoms with Crippen molar-refractivity contribution in [3.63, 3.8) is 0 Å². The first kappa shape index (κ1) is 10.5. The van der Waals surface area contributed by atoms with Gasteiger partial charge in [-0.1, -0.05) is 6.58 Å². The number of carbonyl (C=O) groups is 1. The van der Waals surface area contributed by atoms with Gasteiger partial charge in [0.2, 0.25) is 0 Å². The maximum atomic E-state index is 10.9. The molecule has 3 heteroatoms. The Labute approximate surface area is 71.9 Å². The number of hydrogen-bond acceptors (Lipinski definition) is 3. The Bertz CT molecular complexity index is 258. The van der Waals surface area contributed by atoms with Crippen molar-refractivity contribution < 1.29 is 9.90 Å². The lowest BCUT2D eigenvalue weighted by Gasteiger charge is -1.99. The number of ketones is 1. The fourth-order valence-electron chi connectivity index (χ4n) is 0.686. The summed E-state index contributed by atoms with van der Waals surface area (Å²) in [4.78, 5) is 10.9. The van der Waals surface area contributed by atoms with E-state index >= 15 is 0 Å². The number of nitrogens with two attached hydrogens (primary N) is 1. The molecule has 3 N–H and O–H groups in total. The highest BCUT2D eigenvalue weighted by Gasteiger charge is 2.04. The zero-order valence-electron chi connectivity index (χ0n) is 7.29. The highest BCUT2D eigenvalue weighted by Crippen LogP contribution is 2.06. The fraction of sp³-hybridized carbons (Fsp3) is 0.222. The quantitative estimate of drug-likeness (QED) is 0.380. The largest absolute Gasteiger partial charge is 0.512 e. The van der Waals surface area contributed by atoms with Crippen LogP contribution in [-0.2, 0) is 4.79 Å². The van der Waals surface area contributed by atoms with E-state index in [4.69, 9.17) is 10.8 Å². The van der Waals surface area contributed by atoms with Gasteiger partial charge < -0.3 is 10.8 Å². The maximum absolute atomic E-state index is 10.9. The molecule has 0 fully saturated rings. The molecule has 0 aromatic heterocycles. The Morgan fingerprint density at radius 1 is 1.50 bits per heavy atom. The zero-order valence-corrected chi connectivity index (χ0v) is 7.29. The standard InChI is InChI=1S/C9H13NO2/c1-4-8(10)5-9(6(2)11)7(3)12/h4-5,11H,1,10H2,2-3H3/b8-5+,9-6-. The minimum Gasteiger partial charge on any atom is -0.512 e. The van der Waals surface area contributed by atoms with E-state index in [1.807, 2.05) is 0 Å². The minimum atomic E-state index is -0.222. The molecule has 0 spiro atoms. The van der Waals surface area contributed by atoms with Crippen molar-refractivity contribution in [2.45, 2.75) is 13.8 Å². The molecule has 0 unspecified atom stereocenters. The van der Waals surface area contributed by atoms with Crippen LogP contribution in [0.15, 0.2) is 35.8 Å². The Hall–Kier alpha value is -1.51. The van der Waals surface area contributed by atoms with Crippen molar-refractivity contribution in [2.24, 2.45) is 5.73 Å². The summed E-state index contributed by atoms with van der Waals surface area (Å²) in [5, 5.41) is 9.05. The molecule has 0 aromatic rings. The second-order valence-corrected chi connectivity index (χ2v) is 2.40. The molecule has 0 saturated heterocycles. The lowest BCUT2D eigenvalue weighted by Crippen LogP contribution is -2.01. The topological polar surface area (TPSA) is 63.3 Å². The van der Waals surface area contributed by atoms with Crippen LogP contribution in [0.5, 0.6) is 0 Å². The third-order valence-corrected chi connectivity index (χ3v) is 1.32. The molecule has 0 heterocycles. The first-order valence-corrected chi connectivity index (χ1v) is 3.49. The number of rotatable bonds is 3. The van der Waals surface area contributed by atoms with E-state index in [1.165, 1.54) is 26.0 Å². The Morgan fingerprint density at radius 3 is 2.25 bits per heavy atom. The molecule has 0 saturated carbocycles. The van der Waals surface area contributed by atoms with E-state index in [1.54, 1.807) is 0 Å². The van der Waals surface area contributed by atoms with Crippen LogP contribution in [0.3, 0.4) is 0 Å². The fourth-order valence-corrected chi connectivity index (χ4v) is 0.686. The van der Waals surface area contributed by atoms with Gasteiger partial charge in [0.05, 0.1) is 11.3 Å². The predicted octanol–water partition coefficient (Wildman–Crippen LogP) is 1.44. The highest BCUT2D eigenvalue weighted by atomic mass is 16.3. The number of allylic oxidation sites excluding steroid dienone is 4. The number of hydrogen-bond donors (Lipinski definition) is 2. The molecule has 0 aromatic carbocycles. The van der Waals surface area contributed by atoms with Gasteiger partial charge in [-0.3, -0.25) is 4.79 Å². The summed E-state index contributed by atoms with van der Waals surface area (Å²) in [6, 6.07) is 0. The molecule has 0 aliphatic rings. The summed E-state index contributed by atoms with van der Waals surface area (Å²) >= 11 is 0. The molecule has 66 valence electrons. The summed E-state index contributed by atoms with van der Waals surface area (Å²) in [7, 11) is 0. The van der Waals surface area contributed by atoms with E-state index in [-0.39, 0.29) is 17.1 Å². The van der Waals surface area contributed by atoms with Crippen LogP contribution in [0.1, 0.15) is 13.8 Å². The van der Waals surface area contributed by atoms with Crippen molar-refractivity contribution in [1.29, 1.82) is 0 Å². The van der Waals surface area contributed by atoms with Crippen molar-refractivity contribution in [2.75, 3.05) is 0 Å². The number of aliphatic hydroxyl groups excluding tert-OH is 1. The Balaban J connectivity index is 4.94. The first-order chi connectivity index (χ1) is 5.49. The van der Waals surface area contributed by atoms with Gasteiger partial charge in [0.15, 0.2) is 5.78 Å². The second-order valence-electron chi connectivity index (χ2n) is 2.40. The smallest absolute Gasteiger partial charge is 0.163 e. The van der Waals surface area contributed by atoms with E-state index in [9.17, 15) is 4.79 Å². The van der Waals surface area contributed by atoms with E-state index in [0.717, 1.165) is 0 Å². The summed E-state index contributed by atoms with van der Waals surface area (Å²) in [6.07, 6.45) is 2.80. The number of Topliss-reactive ketones (excluding diaryl/α,β-unsaturated/α-hetero) is 1. The van der Waals surface area contributed by atoms with Gasteiger partial charge in [0.25, 0.3) is 0 Å². The van der Waals surface area contributed by atoms with Crippen molar-refractivity contribution in [1.82, 2.24) is 0 Å². The monoisotopic (exact) mass is 167 g/mol. The van der Waals surface area contributed by atoms with E-state index < -0.39 is 0 Å². The summed E-state index contributed by atoms with van der Waals surface area (Å²) in [6.45, 7) is 6.22. The molecule has 0 bridgehead atoms. The molecule has 0 aliphatic heterocycles. The molecular weight excluding hydrogens is 154 g/mol. The van der Waals surface area contributed by atoms with Crippen molar-refractivity contribution in [3.05, 3.63) is 35.8 Å². The van der Waals surface area contributed by atoms with Crippen LogP contribution >= 0.6 is 0 Å². The lowest BCUT2D eigenvalue weighted by molar-refractivity contribution is -0.113. The number of aliphatic hydroxyl groups is 1. The average Bonchev–Trinajstić information content (AvgIpc) is 1.98. The van der Waals surface area contributed by atoms with Crippen LogP contribution in [0.2, 0.25) is 0 Å². The molecule has 12 heavy (non-hydrogen) atoms. The van der Waals surface area contributed by atoms with Gasteiger partial charge in [-0.05, 0) is 26.0 Å². The average molecular weight is 167 g/mol. The molecule has 0 radical (unpaired) electrons. The van der Waals surface area contributed by atoms with Gasteiger partial charge in [-0.15, -0.1) is 0 Å².